The van der Waals surface area contributed by atoms with Crippen molar-refractivity contribution >= 4 is 40.7 Å². The van der Waals surface area contributed by atoms with Gasteiger partial charge in [-0.3, -0.25) is 0 Å². The Morgan fingerprint density at radius 2 is 2.00 bits per heavy atom. The molecule has 1 aromatic carbocycles. The molecule has 0 aliphatic carbocycles. The second-order valence-electron chi connectivity index (χ2n) is 3.58. The summed E-state index contributed by atoms with van der Waals surface area (Å²) in [7, 11) is 0. The lowest BCUT2D eigenvalue weighted by Gasteiger charge is -2.05. The van der Waals surface area contributed by atoms with Crippen LogP contribution in [-0.2, 0) is 6.42 Å². The quantitative estimate of drug-likeness (QED) is 0.915. The molecule has 0 amide bonds. The van der Waals surface area contributed by atoms with Gasteiger partial charge >= 0.3 is 5.97 Å². The highest BCUT2D eigenvalue weighted by atomic mass is 35.5. The molecule has 6 heteroatoms. The monoisotopic (exact) mass is 301 g/mol. The van der Waals surface area contributed by atoms with Gasteiger partial charge in [-0.2, -0.15) is 4.37 Å². The summed E-state index contributed by atoms with van der Waals surface area (Å²) in [5.41, 5.74) is 1.02. The summed E-state index contributed by atoms with van der Waals surface area (Å²) in [5, 5.41) is 10.1. The number of carbonyl (C=O) groups is 1. The highest BCUT2D eigenvalue weighted by molar-refractivity contribution is 7.06. The largest absolute Gasteiger partial charge is 0.478 e. The number of carboxylic acid groups (broad SMARTS) is 1. The topological polar surface area (TPSA) is 50.2 Å². The molecule has 18 heavy (non-hydrogen) atoms. The lowest BCUT2D eigenvalue weighted by atomic mass is 10.1. The zero-order valence-corrected chi connectivity index (χ0v) is 11.7. The van der Waals surface area contributed by atoms with E-state index in [0.717, 1.165) is 0 Å². The molecule has 1 aromatic heterocycles. The summed E-state index contributed by atoms with van der Waals surface area (Å²) in [6.07, 6.45) is 0.612. The first-order valence-corrected chi connectivity index (χ1v) is 6.75. The van der Waals surface area contributed by atoms with Crippen LogP contribution in [0.4, 0.5) is 0 Å². The third-order valence-corrected chi connectivity index (χ3v) is 4.11. The second kappa shape index (κ2) is 5.26. The van der Waals surface area contributed by atoms with Crippen LogP contribution in [0.15, 0.2) is 18.2 Å². The highest BCUT2D eigenvalue weighted by Crippen LogP contribution is 2.38. The average Bonchev–Trinajstić information content (AvgIpc) is 2.72. The standard InChI is InChI=1S/C12H9Cl2NO2S/c1-2-8-10(12(16)17)11(15-18-8)9-6(13)4-3-5-7(9)14/h3-5H,2H2,1H3,(H,16,17). The van der Waals surface area contributed by atoms with E-state index < -0.39 is 5.97 Å². The molecule has 0 aliphatic rings. The van der Waals surface area contributed by atoms with Gasteiger partial charge in [-0.15, -0.1) is 0 Å². The number of hydrogen-bond donors (Lipinski definition) is 1. The van der Waals surface area contributed by atoms with Crippen molar-refractivity contribution in [1.82, 2.24) is 4.37 Å². The summed E-state index contributed by atoms with van der Waals surface area (Å²) in [4.78, 5) is 12.1. The first-order chi connectivity index (χ1) is 8.56. The van der Waals surface area contributed by atoms with E-state index >= 15 is 0 Å². The minimum absolute atomic E-state index is 0.192. The van der Waals surface area contributed by atoms with Gasteiger partial charge in [0.2, 0.25) is 0 Å². The summed E-state index contributed by atoms with van der Waals surface area (Å²) in [6, 6.07) is 5.04. The molecule has 0 unspecified atom stereocenters. The predicted octanol–water partition coefficient (Wildman–Crippen LogP) is 4.38. The molecule has 0 saturated heterocycles. The molecule has 0 spiro atoms. The lowest BCUT2D eigenvalue weighted by molar-refractivity contribution is 0.0697. The fraction of sp³-hybridized carbons (Fsp3) is 0.167. The fourth-order valence-corrected chi connectivity index (χ4v) is 3.05. The van der Waals surface area contributed by atoms with E-state index in [4.69, 9.17) is 23.2 Å². The molecular weight excluding hydrogens is 293 g/mol. The van der Waals surface area contributed by atoms with Crippen molar-refractivity contribution < 1.29 is 9.90 Å². The number of carboxylic acids is 1. The first kappa shape index (κ1) is 13.3. The molecule has 2 aromatic rings. The molecule has 0 radical (unpaired) electrons. The van der Waals surface area contributed by atoms with E-state index in [-0.39, 0.29) is 5.56 Å². The number of hydrogen-bond acceptors (Lipinski definition) is 3. The van der Waals surface area contributed by atoms with E-state index in [1.807, 2.05) is 6.92 Å². The molecule has 0 saturated carbocycles. The van der Waals surface area contributed by atoms with Crippen molar-refractivity contribution in [2.24, 2.45) is 0 Å². The number of nitrogens with zero attached hydrogens (tertiary/aromatic N) is 1. The van der Waals surface area contributed by atoms with Crippen LogP contribution < -0.4 is 0 Å². The number of benzene rings is 1. The normalized spacial score (nSPS) is 10.6. The van der Waals surface area contributed by atoms with Crippen molar-refractivity contribution in [3.05, 3.63) is 38.7 Å². The predicted molar refractivity (Wildman–Crippen MR) is 73.9 cm³/mol. The van der Waals surface area contributed by atoms with Crippen LogP contribution in [0.25, 0.3) is 11.3 Å². The maximum Gasteiger partial charge on any atom is 0.339 e. The number of halogens is 2. The van der Waals surface area contributed by atoms with E-state index in [1.165, 1.54) is 11.5 Å². The van der Waals surface area contributed by atoms with Crippen LogP contribution in [0.5, 0.6) is 0 Å². The summed E-state index contributed by atoms with van der Waals surface area (Å²) < 4.78 is 4.19. The zero-order chi connectivity index (χ0) is 13.3. The average molecular weight is 302 g/mol. The van der Waals surface area contributed by atoms with Crippen molar-refractivity contribution in [3.63, 3.8) is 0 Å². The van der Waals surface area contributed by atoms with Crippen molar-refractivity contribution in [2.45, 2.75) is 13.3 Å². The van der Waals surface area contributed by atoms with Crippen LogP contribution in [-0.4, -0.2) is 15.4 Å². The van der Waals surface area contributed by atoms with Gasteiger partial charge in [-0.25, -0.2) is 4.79 Å². The molecule has 94 valence electrons. The Morgan fingerprint density at radius 1 is 1.39 bits per heavy atom. The molecular formula is C12H9Cl2NO2S. The lowest BCUT2D eigenvalue weighted by Crippen LogP contribution is -2.01. The van der Waals surface area contributed by atoms with Gasteiger partial charge in [0.25, 0.3) is 0 Å². The van der Waals surface area contributed by atoms with Crippen LogP contribution in [0, 0.1) is 0 Å². The van der Waals surface area contributed by atoms with Crippen molar-refractivity contribution in [1.29, 1.82) is 0 Å². The molecule has 3 nitrogen and oxygen atoms in total. The minimum atomic E-state index is -1.01. The molecule has 2 rings (SSSR count). The molecule has 0 fully saturated rings. The molecule has 0 aliphatic heterocycles. The number of aryl methyl sites for hydroxylation is 1. The number of rotatable bonds is 3. The third kappa shape index (κ3) is 2.23. The van der Waals surface area contributed by atoms with E-state index in [1.54, 1.807) is 18.2 Å². The summed E-state index contributed by atoms with van der Waals surface area (Å²) >= 11 is 13.3. The molecule has 0 atom stereocenters. The minimum Gasteiger partial charge on any atom is -0.478 e. The van der Waals surface area contributed by atoms with Gasteiger partial charge in [0, 0.05) is 10.4 Å². The molecule has 0 bridgehead atoms. The van der Waals surface area contributed by atoms with E-state index in [0.29, 0.717) is 32.6 Å². The van der Waals surface area contributed by atoms with Crippen molar-refractivity contribution in [2.75, 3.05) is 0 Å². The fourth-order valence-electron chi connectivity index (χ4n) is 1.68. The van der Waals surface area contributed by atoms with Crippen molar-refractivity contribution in [3.8, 4) is 11.3 Å². The maximum atomic E-state index is 11.3. The van der Waals surface area contributed by atoms with Crippen LogP contribution in [0.3, 0.4) is 0 Å². The van der Waals surface area contributed by atoms with E-state index in [2.05, 4.69) is 4.37 Å². The number of aromatic carboxylic acids is 1. The Hall–Kier alpha value is -1.10. The van der Waals surface area contributed by atoms with Gasteiger partial charge in [0.1, 0.15) is 11.3 Å². The smallest absolute Gasteiger partial charge is 0.339 e. The summed E-state index contributed by atoms with van der Waals surface area (Å²) in [6.45, 7) is 1.89. The Balaban J connectivity index is 2.72. The molecule has 1 N–H and O–H groups in total. The zero-order valence-electron chi connectivity index (χ0n) is 9.41. The first-order valence-electron chi connectivity index (χ1n) is 5.22. The SMILES string of the molecule is CCc1snc(-c2c(Cl)cccc2Cl)c1C(=O)O. The van der Waals surface area contributed by atoms with Gasteiger partial charge < -0.3 is 5.11 Å². The van der Waals surface area contributed by atoms with Gasteiger partial charge in [-0.05, 0) is 30.1 Å². The number of aromatic nitrogens is 1. The Morgan fingerprint density at radius 3 is 2.50 bits per heavy atom. The Bertz CT molecular complexity index is 590. The van der Waals surface area contributed by atoms with Gasteiger partial charge in [0.15, 0.2) is 0 Å². The molecule has 1 heterocycles. The van der Waals surface area contributed by atoms with Gasteiger partial charge in [0.05, 0.1) is 10.0 Å². The Labute approximate surface area is 118 Å². The second-order valence-corrected chi connectivity index (χ2v) is 5.26. The van der Waals surface area contributed by atoms with Gasteiger partial charge in [-0.1, -0.05) is 36.2 Å². The maximum absolute atomic E-state index is 11.3. The van der Waals surface area contributed by atoms with Crippen LogP contribution in [0.2, 0.25) is 10.0 Å². The highest BCUT2D eigenvalue weighted by Gasteiger charge is 2.23. The van der Waals surface area contributed by atoms with Crippen LogP contribution in [0.1, 0.15) is 22.2 Å². The van der Waals surface area contributed by atoms with E-state index in [9.17, 15) is 9.90 Å². The Kier molecular flexibility index (Phi) is 3.90. The summed E-state index contributed by atoms with van der Waals surface area (Å²) in [5.74, 6) is -1.01. The third-order valence-electron chi connectivity index (χ3n) is 2.50. The van der Waals surface area contributed by atoms with Crippen LogP contribution >= 0.6 is 34.7 Å².